The van der Waals surface area contributed by atoms with E-state index < -0.39 is 10.8 Å². The summed E-state index contributed by atoms with van der Waals surface area (Å²) in [5, 5.41) is 13.6. The highest BCUT2D eigenvalue weighted by atomic mass is 35.5. The van der Waals surface area contributed by atoms with Gasteiger partial charge in [-0.15, -0.1) is 0 Å². The molecule has 1 heterocycles. The first kappa shape index (κ1) is 14.7. The minimum Gasteiger partial charge on any atom is -0.307 e. The molecule has 0 fully saturated rings. The number of hydrogen-bond donors (Lipinski definition) is 1. The summed E-state index contributed by atoms with van der Waals surface area (Å²) in [5.41, 5.74) is 0.650. The van der Waals surface area contributed by atoms with Crippen molar-refractivity contribution in [1.82, 2.24) is 4.98 Å². The van der Waals surface area contributed by atoms with Crippen LogP contribution < -0.4 is 5.32 Å². The normalized spacial score (nSPS) is 10.5. The van der Waals surface area contributed by atoms with E-state index in [2.05, 4.69) is 10.3 Å². The number of nitrogens with one attached hydrogen (secondary N) is 1. The molecule has 7 heteroatoms. The summed E-state index contributed by atoms with van der Waals surface area (Å²) in [5.74, 6) is -0.155. The largest absolute Gasteiger partial charge is 0.307 e. The van der Waals surface area contributed by atoms with Crippen molar-refractivity contribution < 1.29 is 9.72 Å². The highest BCUT2D eigenvalue weighted by Gasteiger charge is 2.06. The average molecular weight is 304 g/mol. The third-order valence-electron chi connectivity index (χ3n) is 2.49. The molecular weight excluding hydrogens is 294 g/mol. The predicted molar refractivity (Wildman–Crippen MR) is 80.0 cm³/mol. The molecule has 1 amide bonds. The van der Waals surface area contributed by atoms with Crippen molar-refractivity contribution in [1.29, 1.82) is 0 Å². The predicted octanol–water partition coefficient (Wildman–Crippen LogP) is 3.30. The Labute approximate surface area is 125 Å². The van der Waals surface area contributed by atoms with Gasteiger partial charge in [0.1, 0.15) is 12.0 Å². The lowest BCUT2D eigenvalue weighted by Crippen LogP contribution is -2.09. The molecule has 0 saturated heterocycles. The molecule has 2 rings (SSSR count). The first-order valence-corrected chi connectivity index (χ1v) is 6.27. The Bertz CT molecular complexity index is 699. The van der Waals surface area contributed by atoms with Crippen LogP contribution in [0.3, 0.4) is 0 Å². The molecule has 0 aliphatic rings. The number of anilines is 1. The minimum absolute atomic E-state index is 0.137. The van der Waals surface area contributed by atoms with Gasteiger partial charge in [-0.25, -0.2) is 4.98 Å². The molecule has 2 aromatic rings. The van der Waals surface area contributed by atoms with Crippen LogP contribution in [0, 0.1) is 10.1 Å². The summed E-state index contributed by atoms with van der Waals surface area (Å²) in [7, 11) is 0. The van der Waals surface area contributed by atoms with E-state index in [1.165, 1.54) is 18.2 Å². The standard InChI is InChI=1S/C14H10ClN3O3/c15-11-3-1-2-10(8-11)4-7-14(19)17-13-6-5-12(9-16-13)18(20)21/h1-9H,(H,16,17,19). The van der Waals surface area contributed by atoms with Crippen molar-refractivity contribution in [2.45, 2.75) is 0 Å². The molecule has 0 aliphatic heterocycles. The SMILES string of the molecule is O=C(C=Cc1cccc(Cl)c1)Nc1ccc([N+](=O)[O-])cn1. The van der Waals surface area contributed by atoms with Crippen molar-refractivity contribution in [2.24, 2.45) is 0 Å². The summed E-state index contributed by atoms with van der Waals surface area (Å²) in [6.07, 6.45) is 4.01. The van der Waals surface area contributed by atoms with Crippen molar-refractivity contribution in [3.8, 4) is 0 Å². The summed E-state index contributed by atoms with van der Waals surface area (Å²) in [4.78, 5) is 25.4. The lowest BCUT2D eigenvalue weighted by molar-refractivity contribution is -0.385. The first-order valence-electron chi connectivity index (χ1n) is 5.90. The fourth-order valence-electron chi connectivity index (χ4n) is 1.52. The second-order valence-corrected chi connectivity index (χ2v) is 4.47. The molecule has 0 spiro atoms. The quantitative estimate of drug-likeness (QED) is 0.533. The lowest BCUT2D eigenvalue weighted by Gasteiger charge is -2.00. The second-order valence-electron chi connectivity index (χ2n) is 4.04. The first-order chi connectivity index (χ1) is 10.0. The Morgan fingerprint density at radius 2 is 2.14 bits per heavy atom. The van der Waals surface area contributed by atoms with Crippen LogP contribution in [0.25, 0.3) is 6.08 Å². The zero-order valence-electron chi connectivity index (χ0n) is 10.7. The Kier molecular flexibility index (Phi) is 4.63. The third kappa shape index (κ3) is 4.39. The monoisotopic (exact) mass is 303 g/mol. The number of carbonyl (C=O) groups excluding carboxylic acids is 1. The van der Waals surface area contributed by atoms with E-state index in [1.54, 1.807) is 30.3 Å². The topological polar surface area (TPSA) is 85.1 Å². The molecule has 1 aromatic heterocycles. The van der Waals surface area contributed by atoms with Gasteiger partial charge in [0.25, 0.3) is 5.69 Å². The molecule has 6 nitrogen and oxygen atoms in total. The van der Waals surface area contributed by atoms with Crippen LogP contribution in [-0.4, -0.2) is 15.8 Å². The van der Waals surface area contributed by atoms with Gasteiger partial charge < -0.3 is 5.32 Å². The number of amides is 1. The summed E-state index contributed by atoms with van der Waals surface area (Å²) in [6, 6.07) is 9.67. The Hall–Kier alpha value is -2.73. The number of halogens is 1. The van der Waals surface area contributed by atoms with Gasteiger partial charge in [0.15, 0.2) is 0 Å². The van der Waals surface area contributed by atoms with Gasteiger partial charge in [0.05, 0.1) is 4.92 Å². The summed E-state index contributed by atoms with van der Waals surface area (Å²) >= 11 is 5.83. The molecule has 1 N–H and O–H groups in total. The zero-order valence-corrected chi connectivity index (χ0v) is 11.4. The number of aromatic nitrogens is 1. The van der Waals surface area contributed by atoms with Gasteiger partial charge in [0.2, 0.25) is 5.91 Å². The molecular formula is C14H10ClN3O3. The van der Waals surface area contributed by atoms with E-state index in [1.807, 2.05) is 0 Å². The van der Waals surface area contributed by atoms with Crippen LogP contribution in [0.4, 0.5) is 11.5 Å². The molecule has 0 atom stereocenters. The van der Waals surface area contributed by atoms with Crippen molar-refractivity contribution >= 4 is 35.1 Å². The average Bonchev–Trinajstić information content (AvgIpc) is 2.46. The van der Waals surface area contributed by atoms with Crippen molar-refractivity contribution in [3.63, 3.8) is 0 Å². The van der Waals surface area contributed by atoms with Gasteiger partial charge in [-0.2, -0.15) is 0 Å². The van der Waals surface area contributed by atoms with Crippen LogP contribution in [0.2, 0.25) is 5.02 Å². The maximum atomic E-state index is 11.7. The van der Waals surface area contributed by atoms with Crippen LogP contribution >= 0.6 is 11.6 Å². The molecule has 0 unspecified atom stereocenters. The molecule has 21 heavy (non-hydrogen) atoms. The van der Waals surface area contributed by atoms with Gasteiger partial charge >= 0.3 is 0 Å². The molecule has 0 bridgehead atoms. The number of nitro groups is 1. The zero-order chi connectivity index (χ0) is 15.2. The van der Waals surface area contributed by atoms with E-state index in [0.717, 1.165) is 11.8 Å². The van der Waals surface area contributed by atoms with E-state index in [9.17, 15) is 14.9 Å². The number of pyridine rings is 1. The number of rotatable bonds is 4. The third-order valence-corrected chi connectivity index (χ3v) is 2.72. The fraction of sp³-hybridized carbons (Fsp3) is 0. The Morgan fingerprint density at radius 3 is 2.76 bits per heavy atom. The Morgan fingerprint density at radius 1 is 1.33 bits per heavy atom. The molecule has 0 aliphatic carbocycles. The number of benzene rings is 1. The van der Waals surface area contributed by atoms with Gasteiger partial charge in [-0.3, -0.25) is 14.9 Å². The minimum atomic E-state index is -0.558. The molecule has 106 valence electrons. The molecule has 0 saturated carbocycles. The summed E-state index contributed by atoms with van der Waals surface area (Å²) < 4.78 is 0. The number of nitrogens with zero attached hydrogens (tertiary/aromatic N) is 2. The van der Waals surface area contributed by atoms with Gasteiger partial charge in [-0.1, -0.05) is 23.7 Å². The lowest BCUT2D eigenvalue weighted by atomic mass is 10.2. The fourth-order valence-corrected chi connectivity index (χ4v) is 1.72. The van der Waals surface area contributed by atoms with Gasteiger partial charge in [-0.05, 0) is 29.8 Å². The second kappa shape index (κ2) is 6.62. The maximum Gasteiger partial charge on any atom is 0.287 e. The highest BCUT2D eigenvalue weighted by molar-refractivity contribution is 6.30. The molecule has 1 aromatic carbocycles. The summed E-state index contributed by atoms with van der Waals surface area (Å²) in [6.45, 7) is 0. The van der Waals surface area contributed by atoms with E-state index in [-0.39, 0.29) is 11.5 Å². The van der Waals surface area contributed by atoms with Crippen LogP contribution in [0.5, 0.6) is 0 Å². The molecule has 0 radical (unpaired) electrons. The van der Waals surface area contributed by atoms with Crippen molar-refractivity contribution in [3.05, 3.63) is 69.4 Å². The Balaban J connectivity index is 1.99. The smallest absolute Gasteiger partial charge is 0.287 e. The van der Waals surface area contributed by atoms with Gasteiger partial charge in [0, 0.05) is 17.2 Å². The van der Waals surface area contributed by atoms with Crippen molar-refractivity contribution in [2.75, 3.05) is 5.32 Å². The van der Waals surface area contributed by atoms with Crippen LogP contribution in [0.15, 0.2) is 48.7 Å². The van der Waals surface area contributed by atoms with E-state index >= 15 is 0 Å². The van der Waals surface area contributed by atoms with Crippen LogP contribution in [0.1, 0.15) is 5.56 Å². The highest BCUT2D eigenvalue weighted by Crippen LogP contribution is 2.13. The van der Waals surface area contributed by atoms with E-state index in [0.29, 0.717) is 5.02 Å². The number of hydrogen-bond acceptors (Lipinski definition) is 4. The maximum absolute atomic E-state index is 11.7. The van der Waals surface area contributed by atoms with E-state index in [4.69, 9.17) is 11.6 Å². The number of carbonyl (C=O) groups is 1. The van der Waals surface area contributed by atoms with Crippen LogP contribution in [-0.2, 0) is 4.79 Å².